The van der Waals surface area contributed by atoms with Crippen molar-refractivity contribution in [1.82, 2.24) is 10.2 Å². The number of rotatable bonds is 9. The third-order valence-electron chi connectivity index (χ3n) is 8.83. The van der Waals surface area contributed by atoms with Crippen molar-refractivity contribution in [2.75, 3.05) is 13.2 Å². The molecule has 41 heavy (non-hydrogen) atoms. The topological polar surface area (TPSA) is 105 Å². The molecule has 8 heteroatoms. The van der Waals surface area contributed by atoms with E-state index in [-0.39, 0.29) is 25.0 Å². The summed E-state index contributed by atoms with van der Waals surface area (Å²) in [7, 11) is 0. The zero-order valence-corrected chi connectivity index (χ0v) is 23.0. The van der Waals surface area contributed by atoms with Gasteiger partial charge in [0.05, 0.1) is 12.7 Å². The summed E-state index contributed by atoms with van der Waals surface area (Å²) < 4.78 is 11.8. The summed E-state index contributed by atoms with van der Waals surface area (Å²) in [5, 5.41) is 12.8. The van der Waals surface area contributed by atoms with E-state index in [2.05, 4.69) is 17.4 Å². The Morgan fingerprint density at radius 1 is 0.976 bits per heavy atom. The predicted molar refractivity (Wildman–Crippen MR) is 152 cm³/mol. The zero-order valence-electron chi connectivity index (χ0n) is 23.0. The molecule has 1 saturated heterocycles. The number of ether oxygens (including phenoxy) is 2. The number of piperidine rings is 1. The number of alkyl carbamates (subject to hydrolysis) is 1. The van der Waals surface area contributed by atoms with Gasteiger partial charge in [-0.15, -0.1) is 0 Å². The van der Waals surface area contributed by atoms with Crippen molar-refractivity contribution in [2.24, 2.45) is 5.92 Å². The molecule has 2 N–H and O–H groups in total. The third-order valence-corrected chi connectivity index (χ3v) is 8.83. The maximum Gasteiger partial charge on any atom is 0.407 e. The van der Waals surface area contributed by atoms with Crippen LogP contribution in [0.1, 0.15) is 48.8 Å². The van der Waals surface area contributed by atoms with Crippen molar-refractivity contribution in [3.05, 3.63) is 95.6 Å². The van der Waals surface area contributed by atoms with Crippen molar-refractivity contribution in [1.29, 1.82) is 0 Å². The highest BCUT2D eigenvalue weighted by Gasteiger charge is 2.67. The number of nitrogens with one attached hydrogen (secondary N) is 1. The summed E-state index contributed by atoms with van der Waals surface area (Å²) in [6, 6.07) is 24.6. The lowest BCUT2D eigenvalue weighted by molar-refractivity contribution is -0.157. The molecule has 6 rings (SSSR count). The minimum Gasteiger partial charge on any atom is -0.479 e. The zero-order chi connectivity index (χ0) is 28.6. The molecule has 212 valence electrons. The molecule has 4 unspecified atom stereocenters. The van der Waals surface area contributed by atoms with Crippen LogP contribution in [-0.2, 0) is 25.7 Å². The van der Waals surface area contributed by atoms with Crippen LogP contribution < -0.4 is 5.32 Å². The number of carbonyl (C=O) groups is 3. The molecule has 3 aromatic rings. The first-order chi connectivity index (χ1) is 19.9. The van der Waals surface area contributed by atoms with Crippen LogP contribution in [0.15, 0.2) is 78.9 Å². The van der Waals surface area contributed by atoms with E-state index in [4.69, 9.17) is 9.47 Å². The monoisotopic (exact) mass is 554 g/mol. The number of hydrogen-bond donors (Lipinski definition) is 2. The summed E-state index contributed by atoms with van der Waals surface area (Å²) in [6.07, 6.45) is 0.468. The summed E-state index contributed by atoms with van der Waals surface area (Å²) in [4.78, 5) is 40.9. The average Bonchev–Trinajstić information content (AvgIpc) is 3.68. The van der Waals surface area contributed by atoms with Gasteiger partial charge in [0.1, 0.15) is 18.2 Å². The second-order valence-corrected chi connectivity index (χ2v) is 11.2. The Balaban J connectivity index is 1.19. The molecule has 2 amide bonds. The number of likely N-dealkylation sites (tertiary alicyclic amines) is 1. The van der Waals surface area contributed by atoms with Crippen molar-refractivity contribution in [3.63, 3.8) is 0 Å². The number of nitrogens with zero attached hydrogens (tertiary/aromatic N) is 1. The molecule has 2 aliphatic carbocycles. The largest absolute Gasteiger partial charge is 0.479 e. The lowest BCUT2D eigenvalue weighted by atomic mass is 9.98. The first kappa shape index (κ1) is 27.0. The second-order valence-electron chi connectivity index (χ2n) is 11.2. The predicted octanol–water partition coefficient (Wildman–Crippen LogP) is 4.96. The van der Waals surface area contributed by atoms with Crippen LogP contribution in [0.25, 0.3) is 11.1 Å². The van der Waals surface area contributed by atoms with Crippen molar-refractivity contribution < 1.29 is 29.0 Å². The highest BCUT2D eigenvalue weighted by Crippen LogP contribution is 2.54. The molecule has 1 saturated carbocycles. The summed E-state index contributed by atoms with van der Waals surface area (Å²) in [5.74, 6) is -1.64. The number of hydrogen-bond acceptors (Lipinski definition) is 5. The standard InChI is InChI=1S/C33H34N2O6/c1-21(40-19-22-10-3-2-4-11-22)29(30(36)35-17-9-12-23-18-33(23,35)31(37)38)34-32(39)41-20-28-26-15-7-5-13-24(26)25-14-6-8-16-27(25)28/h2-8,10-11,13-16,21,23,28-29H,9,12,17-20H2,1H3,(H,34,39)(H,37,38). The molecule has 8 nitrogen and oxygen atoms in total. The van der Waals surface area contributed by atoms with Gasteiger partial charge in [0, 0.05) is 12.5 Å². The third kappa shape index (κ3) is 4.97. The molecule has 3 aromatic carbocycles. The SMILES string of the molecule is CC(OCc1ccccc1)C(NC(=O)OCC1c2ccccc2-c2ccccc21)C(=O)N1CCCC2CC21C(=O)O. The van der Waals surface area contributed by atoms with Gasteiger partial charge in [0.15, 0.2) is 0 Å². The van der Waals surface area contributed by atoms with Crippen molar-refractivity contribution in [3.8, 4) is 11.1 Å². The maximum atomic E-state index is 13.9. The second kappa shape index (κ2) is 11.0. The molecule has 1 aliphatic heterocycles. The molecule has 0 aromatic heterocycles. The fraction of sp³-hybridized carbons (Fsp3) is 0.364. The first-order valence-electron chi connectivity index (χ1n) is 14.2. The van der Waals surface area contributed by atoms with Crippen LogP contribution in [0.3, 0.4) is 0 Å². The van der Waals surface area contributed by atoms with Crippen LogP contribution >= 0.6 is 0 Å². The van der Waals surface area contributed by atoms with Crippen molar-refractivity contribution in [2.45, 2.75) is 56.4 Å². The number of carbonyl (C=O) groups excluding carboxylic acids is 2. The van der Waals surface area contributed by atoms with E-state index in [1.54, 1.807) is 6.92 Å². The van der Waals surface area contributed by atoms with Gasteiger partial charge in [0.25, 0.3) is 0 Å². The van der Waals surface area contributed by atoms with Gasteiger partial charge in [-0.25, -0.2) is 9.59 Å². The van der Waals surface area contributed by atoms with E-state index >= 15 is 0 Å². The normalized spacial score (nSPS) is 22.1. The number of carboxylic acids is 1. The van der Waals surface area contributed by atoms with E-state index in [9.17, 15) is 19.5 Å². The molecule has 3 aliphatic rings. The number of fused-ring (bicyclic) bond motifs is 4. The van der Waals surface area contributed by atoms with Gasteiger partial charge >= 0.3 is 12.1 Å². The highest BCUT2D eigenvalue weighted by atomic mass is 16.5. The van der Waals surface area contributed by atoms with Crippen LogP contribution in [0.2, 0.25) is 0 Å². The highest BCUT2D eigenvalue weighted by molar-refractivity contribution is 5.94. The molecule has 0 spiro atoms. The van der Waals surface area contributed by atoms with Crippen LogP contribution in [0.5, 0.6) is 0 Å². The van der Waals surface area contributed by atoms with Crippen LogP contribution in [0.4, 0.5) is 4.79 Å². The molecule has 0 bridgehead atoms. The van der Waals surface area contributed by atoms with E-state index < -0.39 is 35.7 Å². The molecular weight excluding hydrogens is 520 g/mol. The van der Waals surface area contributed by atoms with Crippen molar-refractivity contribution >= 4 is 18.0 Å². The Morgan fingerprint density at radius 3 is 2.27 bits per heavy atom. The Hall–Kier alpha value is -4.17. The average molecular weight is 555 g/mol. The van der Waals surface area contributed by atoms with Gasteiger partial charge in [-0.3, -0.25) is 4.79 Å². The maximum absolute atomic E-state index is 13.9. The van der Waals surface area contributed by atoms with E-state index in [0.717, 1.165) is 40.7 Å². The van der Waals surface area contributed by atoms with E-state index in [1.165, 1.54) is 4.90 Å². The van der Waals surface area contributed by atoms with Gasteiger partial charge < -0.3 is 24.8 Å². The van der Waals surface area contributed by atoms with Crippen LogP contribution in [-0.4, -0.2) is 58.8 Å². The molecular formula is C33H34N2O6. The van der Waals surface area contributed by atoms with Crippen LogP contribution in [0, 0.1) is 5.92 Å². The molecule has 4 atom stereocenters. The fourth-order valence-corrected chi connectivity index (χ4v) is 6.58. The minimum absolute atomic E-state index is 0.0617. The van der Waals surface area contributed by atoms with E-state index in [1.807, 2.05) is 66.7 Å². The smallest absolute Gasteiger partial charge is 0.407 e. The van der Waals surface area contributed by atoms with E-state index in [0.29, 0.717) is 13.0 Å². The van der Waals surface area contributed by atoms with Gasteiger partial charge in [-0.05, 0) is 59.9 Å². The first-order valence-corrected chi connectivity index (χ1v) is 14.2. The summed E-state index contributed by atoms with van der Waals surface area (Å²) in [5.41, 5.74) is 4.15. The summed E-state index contributed by atoms with van der Waals surface area (Å²) >= 11 is 0. The molecule has 1 heterocycles. The summed E-state index contributed by atoms with van der Waals surface area (Å²) in [6.45, 7) is 2.39. The number of carboxylic acid groups (broad SMARTS) is 1. The number of amides is 2. The quantitative estimate of drug-likeness (QED) is 0.387. The van der Waals surface area contributed by atoms with Gasteiger partial charge in [-0.2, -0.15) is 0 Å². The fourth-order valence-electron chi connectivity index (χ4n) is 6.58. The van der Waals surface area contributed by atoms with Gasteiger partial charge in [0.2, 0.25) is 5.91 Å². The molecule has 2 fully saturated rings. The Kier molecular flexibility index (Phi) is 7.26. The lowest BCUT2D eigenvalue weighted by Crippen LogP contribution is -2.60. The molecule has 0 radical (unpaired) electrons. The number of benzene rings is 3. The Bertz CT molecular complexity index is 1410. The lowest BCUT2D eigenvalue weighted by Gasteiger charge is -2.37. The Labute approximate surface area is 239 Å². The Morgan fingerprint density at radius 2 is 1.61 bits per heavy atom. The van der Waals surface area contributed by atoms with Gasteiger partial charge in [-0.1, -0.05) is 78.9 Å². The minimum atomic E-state index is -1.20. The number of aliphatic carboxylic acids is 1.